The molecule has 23 heavy (non-hydrogen) atoms. The molecule has 1 saturated heterocycles. The fraction of sp³-hybridized carbons (Fsp3) is 0.588. The summed E-state index contributed by atoms with van der Waals surface area (Å²) in [5, 5.41) is 3.05. The van der Waals surface area contributed by atoms with Crippen LogP contribution in [-0.4, -0.2) is 31.8 Å². The van der Waals surface area contributed by atoms with Crippen LogP contribution in [0.3, 0.4) is 0 Å². The van der Waals surface area contributed by atoms with Gasteiger partial charge in [-0.05, 0) is 43.9 Å². The number of rotatable bonds is 5. The lowest BCUT2D eigenvalue weighted by Crippen LogP contribution is -2.27. The second-order valence-electron chi connectivity index (χ2n) is 5.98. The zero-order valence-electron chi connectivity index (χ0n) is 13.3. The summed E-state index contributed by atoms with van der Waals surface area (Å²) in [6.45, 7) is 3.91. The molecule has 2 aliphatic rings. The number of benzene rings is 1. The summed E-state index contributed by atoms with van der Waals surface area (Å²) in [4.78, 5) is 12.1. The van der Waals surface area contributed by atoms with Gasteiger partial charge in [0.05, 0.1) is 12.1 Å². The van der Waals surface area contributed by atoms with E-state index in [1.165, 1.54) is 0 Å². The summed E-state index contributed by atoms with van der Waals surface area (Å²) >= 11 is 3.55. The number of amides is 1. The van der Waals surface area contributed by atoms with Crippen LogP contribution in [-0.2, 0) is 9.53 Å². The first kappa shape index (κ1) is 16.6. The van der Waals surface area contributed by atoms with E-state index in [1.807, 2.05) is 19.1 Å². The number of nitrogens with one attached hydrogen (secondary N) is 1. The third-order valence-electron chi connectivity index (χ3n) is 4.22. The van der Waals surface area contributed by atoms with Crippen molar-refractivity contribution in [2.75, 3.05) is 19.8 Å². The fourth-order valence-corrected chi connectivity index (χ4v) is 3.63. The van der Waals surface area contributed by atoms with Gasteiger partial charge in [0, 0.05) is 17.5 Å². The Bertz CT molecular complexity index is 572. The predicted octanol–water partition coefficient (Wildman–Crippen LogP) is 3.36. The zero-order valence-corrected chi connectivity index (χ0v) is 14.9. The van der Waals surface area contributed by atoms with Crippen LogP contribution in [0, 0.1) is 0 Å². The van der Waals surface area contributed by atoms with Gasteiger partial charge in [0.2, 0.25) is 5.91 Å². The molecule has 126 valence electrons. The molecule has 6 heteroatoms. The zero-order chi connectivity index (χ0) is 16.2. The fourth-order valence-electron chi connectivity index (χ4n) is 2.97. The molecule has 5 nitrogen and oxygen atoms in total. The lowest BCUT2D eigenvalue weighted by molar-refractivity contribution is -0.122. The minimum atomic E-state index is -0.0998. The number of carbonyl (C=O) groups excluding carboxylic acids is 1. The van der Waals surface area contributed by atoms with E-state index >= 15 is 0 Å². The van der Waals surface area contributed by atoms with Crippen molar-refractivity contribution in [3.8, 4) is 11.5 Å². The standard InChI is InChI=1S/C17H22BrNO4/c1-11(19-17(20)5-4-12-3-2-6-21-12)13-9-15-16(10-14(13)18)23-8-7-22-15/h9-12H,2-8H2,1H3,(H,19,20)/t11-,12+/m1/s1. The molecule has 0 unspecified atom stereocenters. The van der Waals surface area contributed by atoms with Crippen molar-refractivity contribution in [1.29, 1.82) is 0 Å². The average Bonchev–Trinajstić information content (AvgIpc) is 3.05. The van der Waals surface area contributed by atoms with E-state index in [0.717, 1.165) is 47.4 Å². The van der Waals surface area contributed by atoms with Crippen LogP contribution in [0.5, 0.6) is 11.5 Å². The molecule has 1 N–H and O–H groups in total. The van der Waals surface area contributed by atoms with E-state index in [4.69, 9.17) is 14.2 Å². The van der Waals surface area contributed by atoms with Crippen molar-refractivity contribution in [3.05, 3.63) is 22.2 Å². The van der Waals surface area contributed by atoms with E-state index in [9.17, 15) is 4.79 Å². The molecule has 0 bridgehead atoms. The third kappa shape index (κ3) is 4.18. The quantitative estimate of drug-likeness (QED) is 0.846. The molecule has 0 saturated carbocycles. The maximum Gasteiger partial charge on any atom is 0.220 e. The van der Waals surface area contributed by atoms with E-state index in [-0.39, 0.29) is 18.1 Å². The minimum Gasteiger partial charge on any atom is -0.486 e. The molecule has 2 heterocycles. The molecule has 3 rings (SSSR count). The molecule has 1 amide bonds. The molecule has 1 aromatic carbocycles. The number of hydrogen-bond acceptors (Lipinski definition) is 4. The van der Waals surface area contributed by atoms with Gasteiger partial charge in [-0.25, -0.2) is 0 Å². The van der Waals surface area contributed by atoms with Crippen molar-refractivity contribution in [3.63, 3.8) is 0 Å². The molecule has 0 spiro atoms. The summed E-state index contributed by atoms with van der Waals surface area (Å²) in [6, 6.07) is 3.74. The molecular weight excluding hydrogens is 362 g/mol. The highest BCUT2D eigenvalue weighted by atomic mass is 79.9. The SMILES string of the molecule is C[C@@H](NC(=O)CC[C@@H]1CCCO1)c1cc2c(cc1Br)OCCO2. The average molecular weight is 384 g/mol. The van der Waals surface area contributed by atoms with Crippen molar-refractivity contribution >= 4 is 21.8 Å². The summed E-state index contributed by atoms with van der Waals surface area (Å²) in [6.07, 6.45) is 3.71. The van der Waals surface area contributed by atoms with Crippen LogP contribution >= 0.6 is 15.9 Å². The molecule has 1 fully saturated rings. The smallest absolute Gasteiger partial charge is 0.220 e. The highest BCUT2D eigenvalue weighted by Gasteiger charge is 2.20. The van der Waals surface area contributed by atoms with E-state index in [1.54, 1.807) is 0 Å². The van der Waals surface area contributed by atoms with Crippen molar-refractivity contribution in [1.82, 2.24) is 5.32 Å². The number of ether oxygens (including phenoxy) is 3. The first-order valence-corrected chi connectivity index (χ1v) is 8.93. The Balaban J connectivity index is 1.58. The largest absolute Gasteiger partial charge is 0.486 e. The lowest BCUT2D eigenvalue weighted by Gasteiger charge is -2.22. The first-order chi connectivity index (χ1) is 11.1. The highest BCUT2D eigenvalue weighted by Crippen LogP contribution is 2.37. The maximum absolute atomic E-state index is 12.1. The van der Waals surface area contributed by atoms with Crippen LogP contribution in [0.15, 0.2) is 16.6 Å². The molecule has 1 aromatic rings. The van der Waals surface area contributed by atoms with Gasteiger partial charge in [0.25, 0.3) is 0 Å². The Hall–Kier alpha value is -1.27. The van der Waals surface area contributed by atoms with E-state index in [0.29, 0.717) is 19.6 Å². The molecule has 2 aliphatic heterocycles. The molecule has 0 aromatic heterocycles. The Morgan fingerprint density at radius 3 is 2.74 bits per heavy atom. The van der Waals surface area contributed by atoms with Gasteiger partial charge < -0.3 is 19.5 Å². The van der Waals surface area contributed by atoms with Gasteiger partial charge in [-0.3, -0.25) is 4.79 Å². The lowest BCUT2D eigenvalue weighted by atomic mass is 10.1. The third-order valence-corrected chi connectivity index (χ3v) is 4.91. The molecule has 0 aliphatic carbocycles. The number of hydrogen-bond donors (Lipinski definition) is 1. The Labute approximate surface area is 144 Å². The van der Waals surface area contributed by atoms with Gasteiger partial charge >= 0.3 is 0 Å². The topological polar surface area (TPSA) is 56.8 Å². The monoisotopic (exact) mass is 383 g/mol. The maximum atomic E-state index is 12.1. The van der Waals surface area contributed by atoms with Crippen LogP contribution in [0.2, 0.25) is 0 Å². The van der Waals surface area contributed by atoms with Gasteiger partial charge in [-0.15, -0.1) is 0 Å². The van der Waals surface area contributed by atoms with Gasteiger partial charge in [0.1, 0.15) is 13.2 Å². The van der Waals surface area contributed by atoms with Crippen molar-refractivity contribution < 1.29 is 19.0 Å². The first-order valence-electron chi connectivity index (χ1n) is 8.13. The van der Waals surface area contributed by atoms with Crippen LogP contribution in [0.25, 0.3) is 0 Å². The second kappa shape index (κ2) is 7.53. The number of carbonyl (C=O) groups is 1. The van der Waals surface area contributed by atoms with Crippen molar-refractivity contribution in [2.45, 2.75) is 44.8 Å². The Kier molecular flexibility index (Phi) is 5.43. The van der Waals surface area contributed by atoms with Crippen LogP contribution in [0.4, 0.5) is 0 Å². The normalized spacial score (nSPS) is 21.0. The predicted molar refractivity (Wildman–Crippen MR) is 89.9 cm³/mol. The van der Waals surface area contributed by atoms with Gasteiger partial charge in [0.15, 0.2) is 11.5 Å². The number of fused-ring (bicyclic) bond motifs is 1. The Morgan fingerprint density at radius 2 is 2.04 bits per heavy atom. The summed E-state index contributed by atoms with van der Waals surface area (Å²) in [7, 11) is 0. The highest BCUT2D eigenvalue weighted by molar-refractivity contribution is 9.10. The van der Waals surface area contributed by atoms with Crippen LogP contribution < -0.4 is 14.8 Å². The summed E-state index contributed by atoms with van der Waals surface area (Å²) < 4.78 is 17.6. The molecule has 2 atom stereocenters. The summed E-state index contributed by atoms with van der Waals surface area (Å²) in [5.41, 5.74) is 0.986. The number of halogens is 1. The second-order valence-corrected chi connectivity index (χ2v) is 6.83. The summed E-state index contributed by atoms with van der Waals surface area (Å²) in [5.74, 6) is 1.52. The Morgan fingerprint density at radius 1 is 1.30 bits per heavy atom. The van der Waals surface area contributed by atoms with E-state index < -0.39 is 0 Å². The van der Waals surface area contributed by atoms with Gasteiger partial charge in [-0.2, -0.15) is 0 Å². The van der Waals surface area contributed by atoms with E-state index in [2.05, 4.69) is 21.2 Å². The van der Waals surface area contributed by atoms with Crippen LogP contribution in [0.1, 0.15) is 44.2 Å². The molecular formula is C17H22BrNO4. The van der Waals surface area contributed by atoms with Gasteiger partial charge in [-0.1, -0.05) is 15.9 Å². The molecule has 0 radical (unpaired) electrons. The van der Waals surface area contributed by atoms with Crippen molar-refractivity contribution in [2.24, 2.45) is 0 Å². The minimum absolute atomic E-state index is 0.0507.